The first kappa shape index (κ1) is 24.0. The fourth-order valence-corrected chi connectivity index (χ4v) is 5.58. The van der Waals surface area contributed by atoms with Crippen molar-refractivity contribution in [3.05, 3.63) is 6.20 Å². The first-order valence-electron chi connectivity index (χ1n) is 10.6. The van der Waals surface area contributed by atoms with Gasteiger partial charge in [0, 0.05) is 18.3 Å². The summed E-state index contributed by atoms with van der Waals surface area (Å²) in [6, 6.07) is 0.239. The van der Waals surface area contributed by atoms with E-state index in [4.69, 9.17) is 5.11 Å². The largest absolute Gasteiger partial charge is 0.481 e. The van der Waals surface area contributed by atoms with Gasteiger partial charge in [-0.1, -0.05) is 39.0 Å². The second kappa shape index (κ2) is 11.8. The van der Waals surface area contributed by atoms with Gasteiger partial charge in [-0.15, -0.1) is 11.8 Å². The van der Waals surface area contributed by atoms with E-state index in [0.29, 0.717) is 28.8 Å². The van der Waals surface area contributed by atoms with Crippen LogP contribution in [0.2, 0.25) is 0 Å². The molecular weight excluding hydrogens is 406 g/mol. The summed E-state index contributed by atoms with van der Waals surface area (Å²) in [5, 5.41) is 12.3. The third kappa shape index (κ3) is 8.16. The van der Waals surface area contributed by atoms with E-state index in [9.17, 15) is 9.59 Å². The minimum absolute atomic E-state index is 0.0601. The number of thioether (sulfide) groups is 1. The number of carbonyl (C=O) groups excluding carboxylic acids is 1. The van der Waals surface area contributed by atoms with Crippen molar-refractivity contribution in [1.29, 1.82) is 0 Å². The second-order valence-electron chi connectivity index (χ2n) is 8.60. The lowest BCUT2D eigenvalue weighted by atomic mass is 9.79. The highest BCUT2D eigenvalue weighted by Gasteiger charge is 2.30. The maximum Gasteiger partial charge on any atom is 0.323 e. The number of nitrogens with zero attached hydrogens (tertiary/aromatic N) is 2. The Morgan fingerprint density at radius 1 is 1.28 bits per heavy atom. The molecule has 1 saturated carbocycles. The van der Waals surface area contributed by atoms with Gasteiger partial charge in [-0.3, -0.25) is 10.1 Å². The number of amides is 2. The van der Waals surface area contributed by atoms with Crippen molar-refractivity contribution in [2.45, 2.75) is 76.5 Å². The third-order valence-corrected chi connectivity index (χ3v) is 7.70. The van der Waals surface area contributed by atoms with Gasteiger partial charge in [-0.25, -0.2) is 9.78 Å². The van der Waals surface area contributed by atoms with E-state index in [1.807, 2.05) is 4.90 Å². The summed E-state index contributed by atoms with van der Waals surface area (Å²) in [5.74, 6) is 1.73. The number of thiazole rings is 1. The molecule has 2 rings (SSSR count). The van der Waals surface area contributed by atoms with Crippen molar-refractivity contribution in [3.63, 3.8) is 0 Å². The van der Waals surface area contributed by atoms with Crippen LogP contribution in [0.15, 0.2) is 10.4 Å². The van der Waals surface area contributed by atoms with Crippen LogP contribution in [0.4, 0.5) is 9.93 Å². The SMILES string of the molecule is CC(C)CCN(C(=O)Nc1ncc(SCCC(=O)O)s1)[C@H]1CC[C@H](C(C)C)CC1. The quantitative estimate of drug-likeness (QED) is 0.448. The molecule has 1 heterocycles. The Labute approximate surface area is 182 Å². The molecule has 1 aromatic heterocycles. The van der Waals surface area contributed by atoms with Crippen molar-refractivity contribution in [1.82, 2.24) is 9.88 Å². The lowest BCUT2D eigenvalue weighted by Crippen LogP contribution is -2.45. The highest BCUT2D eigenvalue weighted by molar-refractivity contribution is 8.01. The molecule has 1 aliphatic rings. The van der Waals surface area contributed by atoms with Gasteiger partial charge >= 0.3 is 12.0 Å². The molecule has 29 heavy (non-hydrogen) atoms. The molecule has 6 nitrogen and oxygen atoms in total. The fraction of sp³-hybridized carbons (Fsp3) is 0.762. The highest BCUT2D eigenvalue weighted by Crippen LogP contribution is 2.33. The van der Waals surface area contributed by atoms with Gasteiger partial charge in [0.1, 0.15) is 0 Å². The van der Waals surface area contributed by atoms with Crippen LogP contribution in [0.3, 0.4) is 0 Å². The maximum absolute atomic E-state index is 13.0. The Bertz CT molecular complexity index is 655. The van der Waals surface area contributed by atoms with E-state index in [2.05, 4.69) is 38.0 Å². The van der Waals surface area contributed by atoms with Crippen LogP contribution < -0.4 is 5.32 Å². The molecule has 8 heteroatoms. The maximum atomic E-state index is 13.0. The van der Waals surface area contributed by atoms with E-state index in [0.717, 1.165) is 35.9 Å². The van der Waals surface area contributed by atoms with E-state index in [1.165, 1.54) is 35.9 Å². The van der Waals surface area contributed by atoms with Crippen molar-refractivity contribution in [3.8, 4) is 0 Å². The van der Waals surface area contributed by atoms with Gasteiger partial charge < -0.3 is 10.0 Å². The van der Waals surface area contributed by atoms with Crippen LogP contribution in [0.1, 0.15) is 66.2 Å². The Balaban J connectivity index is 1.95. The number of carboxylic acids is 1. The van der Waals surface area contributed by atoms with Crippen molar-refractivity contribution in [2.24, 2.45) is 17.8 Å². The number of hydrogen-bond donors (Lipinski definition) is 2. The molecule has 0 spiro atoms. The molecular formula is C21H35N3O3S2. The summed E-state index contributed by atoms with van der Waals surface area (Å²) in [5.41, 5.74) is 0. The zero-order valence-electron chi connectivity index (χ0n) is 18.0. The predicted molar refractivity (Wildman–Crippen MR) is 121 cm³/mol. The standard InChI is InChI=1S/C21H35N3O3S2/c1-14(2)9-11-24(17-7-5-16(6-8-17)15(3)4)21(27)23-20-22-13-19(29-20)28-12-10-18(25)26/h13-17H,5-12H2,1-4H3,(H,25,26)(H,22,23,27)/t16-,17-. The van der Waals surface area contributed by atoms with Gasteiger partial charge in [0.25, 0.3) is 0 Å². The average molecular weight is 442 g/mol. The summed E-state index contributed by atoms with van der Waals surface area (Å²) >= 11 is 2.87. The number of hydrogen-bond acceptors (Lipinski definition) is 5. The number of carboxylic acid groups (broad SMARTS) is 1. The molecule has 1 aliphatic carbocycles. The number of carbonyl (C=O) groups is 2. The third-order valence-electron chi connectivity index (χ3n) is 5.59. The molecule has 0 bridgehead atoms. The normalized spacial score (nSPS) is 19.5. The molecule has 1 fully saturated rings. The summed E-state index contributed by atoms with van der Waals surface area (Å²) in [6.45, 7) is 9.73. The van der Waals surface area contributed by atoms with Gasteiger partial charge in [0.2, 0.25) is 0 Å². The van der Waals surface area contributed by atoms with E-state index in [-0.39, 0.29) is 12.5 Å². The van der Waals surface area contributed by atoms with Crippen LogP contribution in [0, 0.1) is 17.8 Å². The summed E-state index contributed by atoms with van der Waals surface area (Å²) < 4.78 is 0.924. The lowest BCUT2D eigenvalue weighted by Gasteiger charge is -2.38. The molecule has 0 aromatic carbocycles. The molecule has 0 atom stereocenters. The topological polar surface area (TPSA) is 82.5 Å². The minimum atomic E-state index is -0.802. The number of rotatable bonds is 10. The highest BCUT2D eigenvalue weighted by atomic mass is 32.2. The van der Waals surface area contributed by atoms with E-state index in [1.54, 1.807) is 6.20 Å². The van der Waals surface area contributed by atoms with Gasteiger partial charge in [0.05, 0.1) is 16.8 Å². The Kier molecular flexibility index (Phi) is 9.75. The van der Waals surface area contributed by atoms with E-state index >= 15 is 0 Å². The Morgan fingerprint density at radius 2 is 1.97 bits per heavy atom. The molecule has 0 unspecified atom stereocenters. The predicted octanol–water partition coefficient (Wildman–Crippen LogP) is 5.80. The van der Waals surface area contributed by atoms with Gasteiger partial charge in [0.15, 0.2) is 5.13 Å². The zero-order valence-corrected chi connectivity index (χ0v) is 19.7. The van der Waals surface area contributed by atoms with Gasteiger partial charge in [-0.2, -0.15) is 0 Å². The minimum Gasteiger partial charge on any atom is -0.481 e. The molecule has 2 amide bonds. The molecule has 164 valence electrons. The molecule has 2 N–H and O–H groups in total. The number of anilines is 1. The van der Waals surface area contributed by atoms with Crippen LogP contribution in [-0.4, -0.2) is 45.3 Å². The smallest absolute Gasteiger partial charge is 0.323 e. The second-order valence-corrected chi connectivity index (χ2v) is 11.0. The number of aliphatic carboxylic acids is 1. The van der Waals surface area contributed by atoms with Gasteiger partial charge in [-0.05, 0) is 49.9 Å². The molecule has 0 saturated heterocycles. The van der Waals surface area contributed by atoms with Crippen LogP contribution in [-0.2, 0) is 4.79 Å². The number of nitrogens with one attached hydrogen (secondary N) is 1. The van der Waals surface area contributed by atoms with Crippen molar-refractivity contribution < 1.29 is 14.7 Å². The number of urea groups is 1. The first-order valence-corrected chi connectivity index (χ1v) is 12.4. The monoisotopic (exact) mass is 441 g/mol. The van der Waals surface area contributed by atoms with Crippen LogP contribution in [0.5, 0.6) is 0 Å². The summed E-state index contributed by atoms with van der Waals surface area (Å²) in [7, 11) is 0. The zero-order chi connectivity index (χ0) is 21.4. The number of aromatic nitrogens is 1. The van der Waals surface area contributed by atoms with E-state index < -0.39 is 5.97 Å². The molecule has 0 radical (unpaired) electrons. The van der Waals surface area contributed by atoms with Crippen molar-refractivity contribution >= 4 is 40.2 Å². The average Bonchev–Trinajstić information content (AvgIpc) is 3.09. The Morgan fingerprint density at radius 3 is 2.55 bits per heavy atom. The molecule has 0 aliphatic heterocycles. The van der Waals surface area contributed by atoms with Crippen LogP contribution in [0.25, 0.3) is 0 Å². The van der Waals surface area contributed by atoms with Crippen molar-refractivity contribution in [2.75, 3.05) is 17.6 Å². The van der Waals surface area contributed by atoms with Crippen LogP contribution >= 0.6 is 23.1 Å². The summed E-state index contributed by atoms with van der Waals surface area (Å²) in [4.78, 5) is 30.0. The lowest BCUT2D eigenvalue weighted by molar-refractivity contribution is -0.136. The fourth-order valence-electron chi connectivity index (χ4n) is 3.71. The summed E-state index contributed by atoms with van der Waals surface area (Å²) in [6.07, 6.45) is 7.34. The molecule has 1 aromatic rings. The Hall–Kier alpha value is -1.28. The first-order chi connectivity index (χ1) is 13.8.